The van der Waals surface area contributed by atoms with Crippen molar-refractivity contribution >= 4 is 23.7 Å². The summed E-state index contributed by atoms with van der Waals surface area (Å²) >= 11 is 6.12. The van der Waals surface area contributed by atoms with Crippen molar-refractivity contribution in [3.8, 4) is 17.1 Å². The number of nitrogens with zero attached hydrogens (tertiary/aromatic N) is 1. The first-order valence-electron chi connectivity index (χ1n) is 7.39. The number of amides is 1. The molecule has 0 bridgehead atoms. The van der Waals surface area contributed by atoms with Crippen molar-refractivity contribution < 1.29 is 18.4 Å². The molecule has 0 unspecified atom stereocenters. The number of halogens is 1. The summed E-state index contributed by atoms with van der Waals surface area (Å²) in [6.45, 7) is 1.71. The number of benzene rings is 1. The summed E-state index contributed by atoms with van der Waals surface area (Å²) in [6.07, 6.45) is 2.87. The number of methoxy groups -OCH3 is 1. The summed E-state index contributed by atoms with van der Waals surface area (Å²) in [7, 11) is 1.56. The smallest absolute Gasteiger partial charge is 0.274 e. The van der Waals surface area contributed by atoms with E-state index in [0.717, 1.165) is 5.56 Å². The molecule has 0 saturated carbocycles. The third kappa shape index (κ3) is 3.75. The number of rotatable bonds is 5. The second kappa shape index (κ2) is 7.27. The predicted molar refractivity (Wildman–Crippen MR) is 94.2 cm³/mol. The van der Waals surface area contributed by atoms with Crippen molar-refractivity contribution in [2.75, 3.05) is 7.11 Å². The van der Waals surface area contributed by atoms with E-state index in [9.17, 15) is 4.79 Å². The van der Waals surface area contributed by atoms with Gasteiger partial charge in [0.25, 0.3) is 5.91 Å². The molecule has 7 heteroatoms. The molecule has 1 amide bonds. The lowest BCUT2D eigenvalue weighted by Crippen LogP contribution is -2.17. The Morgan fingerprint density at radius 1 is 1.28 bits per heavy atom. The van der Waals surface area contributed by atoms with Gasteiger partial charge in [0.05, 0.1) is 30.2 Å². The number of aryl methyl sites for hydroxylation is 1. The van der Waals surface area contributed by atoms with Crippen LogP contribution in [0.3, 0.4) is 0 Å². The Morgan fingerprint density at radius 3 is 2.80 bits per heavy atom. The molecule has 0 spiro atoms. The normalized spacial score (nSPS) is 11.0. The highest BCUT2D eigenvalue weighted by molar-refractivity contribution is 6.32. The van der Waals surface area contributed by atoms with Crippen LogP contribution in [0.25, 0.3) is 11.3 Å². The lowest BCUT2D eigenvalue weighted by atomic mass is 10.2. The Kier molecular flexibility index (Phi) is 4.90. The maximum Gasteiger partial charge on any atom is 0.274 e. The zero-order valence-electron chi connectivity index (χ0n) is 13.6. The molecule has 0 aliphatic heterocycles. The van der Waals surface area contributed by atoms with Crippen LogP contribution in [-0.2, 0) is 0 Å². The van der Waals surface area contributed by atoms with Crippen molar-refractivity contribution in [2.45, 2.75) is 6.92 Å². The molecule has 1 aromatic carbocycles. The minimum Gasteiger partial charge on any atom is -0.495 e. The molecular formula is C18H15ClN2O4. The van der Waals surface area contributed by atoms with Gasteiger partial charge in [-0.1, -0.05) is 11.6 Å². The summed E-state index contributed by atoms with van der Waals surface area (Å²) in [5.74, 6) is 1.89. The maximum atomic E-state index is 11.9. The van der Waals surface area contributed by atoms with Crippen LogP contribution in [0.1, 0.15) is 21.9 Å². The van der Waals surface area contributed by atoms with Crippen LogP contribution in [0.2, 0.25) is 5.02 Å². The van der Waals surface area contributed by atoms with Gasteiger partial charge >= 0.3 is 0 Å². The number of hydrazone groups is 1. The minimum absolute atomic E-state index is 0.351. The molecule has 0 aliphatic carbocycles. The fourth-order valence-corrected chi connectivity index (χ4v) is 2.49. The highest BCUT2D eigenvalue weighted by Gasteiger charge is 2.10. The van der Waals surface area contributed by atoms with Crippen molar-refractivity contribution in [3.63, 3.8) is 0 Å². The first-order valence-corrected chi connectivity index (χ1v) is 7.77. The van der Waals surface area contributed by atoms with Crippen LogP contribution >= 0.6 is 11.6 Å². The molecule has 0 saturated heterocycles. The van der Waals surface area contributed by atoms with Crippen molar-refractivity contribution in [1.82, 2.24) is 5.43 Å². The number of furan rings is 2. The van der Waals surface area contributed by atoms with E-state index in [2.05, 4.69) is 10.5 Å². The zero-order chi connectivity index (χ0) is 17.8. The maximum absolute atomic E-state index is 11.9. The largest absolute Gasteiger partial charge is 0.495 e. The summed E-state index contributed by atoms with van der Waals surface area (Å²) in [4.78, 5) is 11.9. The van der Waals surface area contributed by atoms with Gasteiger partial charge in [-0.05, 0) is 43.3 Å². The Morgan fingerprint density at radius 2 is 2.12 bits per heavy atom. The fourth-order valence-electron chi connectivity index (χ4n) is 2.23. The summed E-state index contributed by atoms with van der Waals surface area (Å²) in [6, 6.07) is 10.5. The Bertz CT molecular complexity index is 927. The molecule has 3 aromatic rings. The highest BCUT2D eigenvalue weighted by Crippen LogP contribution is 2.30. The second-order valence-corrected chi connectivity index (χ2v) is 5.55. The Hall–Kier alpha value is -2.99. The molecule has 1 N–H and O–H groups in total. The molecule has 0 radical (unpaired) electrons. The van der Waals surface area contributed by atoms with Crippen LogP contribution in [0, 0.1) is 6.92 Å². The van der Waals surface area contributed by atoms with E-state index in [1.807, 2.05) is 6.07 Å². The molecule has 2 aromatic heterocycles. The molecule has 25 heavy (non-hydrogen) atoms. The van der Waals surface area contributed by atoms with Crippen LogP contribution < -0.4 is 10.2 Å². The SMILES string of the molecule is COc1ccc(-c2ccc(/C=N\NC(=O)c3ccoc3C)o2)cc1Cl. The van der Waals surface area contributed by atoms with Gasteiger partial charge in [-0.2, -0.15) is 5.10 Å². The molecule has 128 valence electrons. The van der Waals surface area contributed by atoms with Gasteiger partial charge in [0.15, 0.2) is 0 Å². The number of ether oxygens (including phenoxy) is 1. The van der Waals surface area contributed by atoms with Crippen LogP contribution in [0.5, 0.6) is 5.75 Å². The van der Waals surface area contributed by atoms with Crippen LogP contribution in [0.15, 0.2) is 56.6 Å². The lowest BCUT2D eigenvalue weighted by Gasteiger charge is -2.04. The standard InChI is InChI=1S/C18H15ClN2O4/c1-11-14(7-8-24-11)18(22)21-20-10-13-4-6-16(25-13)12-3-5-17(23-2)15(19)9-12/h3-10H,1-2H3,(H,21,22)/b20-10-. The summed E-state index contributed by atoms with van der Waals surface area (Å²) < 4.78 is 15.9. The van der Waals surface area contributed by atoms with Crippen LogP contribution in [0.4, 0.5) is 0 Å². The quantitative estimate of drug-likeness (QED) is 0.545. The predicted octanol–water partition coefficient (Wildman–Crippen LogP) is 4.27. The molecule has 0 fully saturated rings. The van der Waals surface area contributed by atoms with Gasteiger partial charge in [-0.3, -0.25) is 4.79 Å². The van der Waals surface area contributed by atoms with E-state index in [4.69, 9.17) is 25.2 Å². The summed E-state index contributed by atoms with van der Waals surface area (Å²) in [5, 5.41) is 4.38. The number of hydrogen-bond acceptors (Lipinski definition) is 5. The van der Waals surface area contributed by atoms with Gasteiger partial charge in [-0.25, -0.2) is 5.43 Å². The van der Waals surface area contributed by atoms with Crippen molar-refractivity contribution in [1.29, 1.82) is 0 Å². The molecular weight excluding hydrogens is 344 g/mol. The van der Waals surface area contributed by atoms with Gasteiger partial charge in [0, 0.05) is 5.56 Å². The number of hydrogen-bond donors (Lipinski definition) is 1. The third-order valence-electron chi connectivity index (χ3n) is 3.52. The summed E-state index contributed by atoms with van der Waals surface area (Å²) in [5.41, 5.74) is 3.66. The minimum atomic E-state index is -0.351. The van der Waals surface area contributed by atoms with Gasteiger partial charge < -0.3 is 13.6 Å². The fraction of sp³-hybridized carbons (Fsp3) is 0.111. The van der Waals surface area contributed by atoms with Crippen molar-refractivity contribution in [2.24, 2.45) is 5.10 Å². The molecule has 0 atom stereocenters. The topological polar surface area (TPSA) is 77.0 Å². The van der Waals surface area contributed by atoms with E-state index in [1.54, 1.807) is 44.4 Å². The molecule has 2 heterocycles. The Balaban J connectivity index is 1.68. The monoisotopic (exact) mass is 358 g/mol. The van der Waals surface area contributed by atoms with Gasteiger partial charge in [-0.15, -0.1) is 0 Å². The second-order valence-electron chi connectivity index (χ2n) is 5.14. The van der Waals surface area contributed by atoms with Crippen molar-refractivity contribution in [3.05, 3.63) is 64.8 Å². The van der Waals surface area contributed by atoms with E-state index in [-0.39, 0.29) is 5.91 Å². The highest BCUT2D eigenvalue weighted by atomic mass is 35.5. The molecule has 0 aliphatic rings. The van der Waals surface area contributed by atoms with Gasteiger partial charge in [0.2, 0.25) is 0 Å². The van der Waals surface area contributed by atoms with Gasteiger partial charge in [0.1, 0.15) is 23.0 Å². The molecule has 6 nitrogen and oxygen atoms in total. The van der Waals surface area contributed by atoms with E-state index in [0.29, 0.717) is 33.6 Å². The number of nitrogens with one attached hydrogen (secondary N) is 1. The first kappa shape index (κ1) is 16.9. The first-order chi connectivity index (χ1) is 12.1. The average Bonchev–Trinajstić information content (AvgIpc) is 3.23. The number of carbonyl (C=O) groups is 1. The zero-order valence-corrected chi connectivity index (χ0v) is 14.3. The van der Waals surface area contributed by atoms with E-state index >= 15 is 0 Å². The Labute approximate surface area is 149 Å². The van der Waals surface area contributed by atoms with E-state index < -0.39 is 0 Å². The van der Waals surface area contributed by atoms with Crippen LogP contribution in [-0.4, -0.2) is 19.2 Å². The van der Waals surface area contributed by atoms with E-state index in [1.165, 1.54) is 12.5 Å². The number of carbonyl (C=O) groups excluding carboxylic acids is 1. The third-order valence-corrected chi connectivity index (χ3v) is 3.82. The molecule has 3 rings (SSSR count). The lowest BCUT2D eigenvalue weighted by molar-refractivity contribution is 0.0953. The average molecular weight is 359 g/mol.